The maximum Gasteiger partial charge on any atom is 0.234 e. The number of aromatic nitrogens is 2. The molecule has 39 heavy (non-hydrogen) atoms. The van der Waals surface area contributed by atoms with Crippen LogP contribution in [0.4, 0.5) is 10.8 Å². The van der Waals surface area contributed by atoms with Crippen molar-refractivity contribution < 1.29 is 9.59 Å². The number of rotatable bonds is 6. The lowest BCUT2D eigenvalue weighted by Gasteiger charge is -2.38. The summed E-state index contributed by atoms with van der Waals surface area (Å²) in [5, 5.41) is 23.0. The molecule has 0 spiro atoms. The molecule has 0 bridgehead atoms. The highest BCUT2D eigenvalue weighted by atomic mass is 35.5. The second kappa shape index (κ2) is 11.6. The van der Waals surface area contributed by atoms with E-state index in [1.54, 1.807) is 47.4 Å². The van der Waals surface area contributed by atoms with Crippen LogP contribution in [0.1, 0.15) is 30.7 Å². The maximum atomic E-state index is 13.3. The molecule has 3 N–H and O–H groups in total. The fourth-order valence-corrected chi connectivity index (χ4v) is 7.09. The van der Waals surface area contributed by atoms with E-state index < -0.39 is 5.92 Å². The van der Waals surface area contributed by atoms with Gasteiger partial charge >= 0.3 is 0 Å². The third kappa shape index (κ3) is 5.38. The van der Waals surface area contributed by atoms with Crippen LogP contribution in [-0.4, -0.2) is 27.6 Å². The number of nitriles is 1. The van der Waals surface area contributed by atoms with Gasteiger partial charge in [0.2, 0.25) is 11.0 Å². The fraction of sp³-hybridized carbons (Fsp3) is 0.192. The number of para-hydroxylation sites is 1. The summed E-state index contributed by atoms with van der Waals surface area (Å²) in [5.41, 5.74) is 8.82. The Balaban J connectivity index is 1.46. The topological polar surface area (TPSA) is 125 Å². The zero-order valence-corrected chi connectivity index (χ0v) is 24.0. The summed E-state index contributed by atoms with van der Waals surface area (Å²) in [4.78, 5) is 27.4. The van der Waals surface area contributed by atoms with E-state index in [4.69, 9.17) is 40.5 Å². The van der Waals surface area contributed by atoms with Crippen LogP contribution >= 0.6 is 57.9 Å². The van der Waals surface area contributed by atoms with E-state index in [0.717, 1.165) is 0 Å². The lowest BCUT2D eigenvalue weighted by molar-refractivity contribution is -0.116. The molecule has 2 aliphatic rings. The summed E-state index contributed by atoms with van der Waals surface area (Å²) in [7, 11) is 0. The first kappa shape index (κ1) is 27.5. The predicted octanol–water partition coefficient (Wildman–Crippen LogP) is 6.53. The molecule has 3 aromatic rings. The van der Waals surface area contributed by atoms with E-state index in [1.165, 1.54) is 23.1 Å². The third-order valence-corrected chi connectivity index (χ3v) is 9.29. The van der Waals surface area contributed by atoms with Crippen LogP contribution in [0.3, 0.4) is 0 Å². The van der Waals surface area contributed by atoms with Crippen LogP contribution in [0, 0.1) is 11.3 Å². The van der Waals surface area contributed by atoms with Gasteiger partial charge in [0.25, 0.3) is 0 Å². The van der Waals surface area contributed by atoms with Crippen molar-refractivity contribution >= 4 is 80.4 Å². The predicted molar refractivity (Wildman–Crippen MR) is 155 cm³/mol. The number of hydrogen-bond acceptors (Lipinski definition) is 9. The molecule has 13 heteroatoms. The Labute approximate surface area is 247 Å². The van der Waals surface area contributed by atoms with Gasteiger partial charge in [-0.3, -0.25) is 14.5 Å². The van der Waals surface area contributed by atoms with Crippen molar-refractivity contribution in [3.8, 4) is 6.07 Å². The molecule has 2 heterocycles. The quantitative estimate of drug-likeness (QED) is 0.299. The highest BCUT2D eigenvalue weighted by Gasteiger charge is 2.42. The SMILES string of the molecule is N#CC1=C(N)N(c2nnc(SCC(=O)Nc3ccccc3Cl)s2)C2=C(C(=O)CCC2)C1c1c(Cl)cccc1Cl. The first-order valence-corrected chi connectivity index (χ1v) is 14.6. The summed E-state index contributed by atoms with van der Waals surface area (Å²) in [6, 6.07) is 14.2. The average Bonchev–Trinajstić information content (AvgIpc) is 3.37. The van der Waals surface area contributed by atoms with Gasteiger partial charge in [-0.2, -0.15) is 5.26 Å². The molecular formula is C26H19Cl3N6O2S2. The van der Waals surface area contributed by atoms with Crippen LogP contribution in [0.2, 0.25) is 15.1 Å². The molecule has 1 aromatic heterocycles. The van der Waals surface area contributed by atoms with Gasteiger partial charge in [-0.15, -0.1) is 10.2 Å². The molecule has 1 aliphatic carbocycles. The van der Waals surface area contributed by atoms with Crippen molar-refractivity contribution in [2.24, 2.45) is 5.73 Å². The fourth-order valence-electron chi connectivity index (χ4n) is 4.61. The number of thioether (sulfide) groups is 1. The Morgan fingerprint density at radius 1 is 1.13 bits per heavy atom. The standard InChI is InChI=1S/C26H19Cl3N6O2S2/c27-14-5-1-2-8-17(14)32-20(37)12-38-26-34-33-25(39-26)35-18-9-4-10-19(36)23(18)21(13(11-30)24(35)31)22-15(28)6-3-7-16(22)29/h1-3,5-8,21H,4,9-10,12,31H2,(H,32,37). The van der Waals surface area contributed by atoms with Crippen LogP contribution in [0.25, 0.3) is 0 Å². The van der Waals surface area contributed by atoms with Crippen molar-refractivity contribution in [3.05, 3.63) is 85.8 Å². The van der Waals surface area contributed by atoms with E-state index in [-0.39, 0.29) is 28.8 Å². The van der Waals surface area contributed by atoms with Crippen LogP contribution in [-0.2, 0) is 9.59 Å². The highest BCUT2D eigenvalue weighted by Crippen LogP contribution is 2.49. The van der Waals surface area contributed by atoms with Gasteiger partial charge in [-0.1, -0.05) is 76.1 Å². The molecule has 1 unspecified atom stereocenters. The third-order valence-electron chi connectivity index (χ3n) is 6.26. The van der Waals surface area contributed by atoms with Gasteiger partial charge < -0.3 is 11.1 Å². The van der Waals surface area contributed by atoms with Gasteiger partial charge in [-0.25, -0.2) is 0 Å². The molecular weight excluding hydrogens is 599 g/mol. The Hall–Kier alpha value is -3.07. The van der Waals surface area contributed by atoms with Gasteiger partial charge in [0.15, 0.2) is 10.1 Å². The van der Waals surface area contributed by atoms with Crippen LogP contribution in [0.5, 0.6) is 0 Å². The van der Waals surface area contributed by atoms with Gasteiger partial charge in [0.05, 0.1) is 34.0 Å². The van der Waals surface area contributed by atoms with E-state index in [9.17, 15) is 14.9 Å². The molecule has 0 fully saturated rings. The summed E-state index contributed by atoms with van der Waals surface area (Å²) < 4.78 is 0.520. The average molecular weight is 618 g/mol. The Bertz CT molecular complexity index is 1580. The first-order chi connectivity index (χ1) is 18.8. The Morgan fingerprint density at radius 3 is 2.56 bits per heavy atom. The largest absolute Gasteiger partial charge is 0.384 e. The zero-order chi connectivity index (χ0) is 27.7. The number of nitrogens with one attached hydrogen (secondary N) is 1. The zero-order valence-electron chi connectivity index (χ0n) is 20.1. The molecule has 1 atom stereocenters. The van der Waals surface area contributed by atoms with E-state index in [1.807, 2.05) is 0 Å². The van der Waals surface area contributed by atoms with E-state index in [2.05, 4.69) is 21.6 Å². The molecule has 1 aliphatic heterocycles. The van der Waals surface area contributed by atoms with Crippen LogP contribution < -0.4 is 16.0 Å². The Kier molecular flexibility index (Phi) is 8.16. The molecule has 5 rings (SSSR count). The molecule has 8 nitrogen and oxygen atoms in total. The molecule has 0 radical (unpaired) electrons. The number of benzene rings is 2. The van der Waals surface area contributed by atoms with Crippen molar-refractivity contribution in [1.82, 2.24) is 10.2 Å². The normalized spacial score (nSPS) is 17.2. The van der Waals surface area contributed by atoms with E-state index >= 15 is 0 Å². The van der Waals surface area contributed by atoms with E-state index in [0.29, 0.717) is 66.3 Å². The lowest BCUT2D eigenvalue weighted by atomic mass is 9.75. The number of ketones is 1. The van der Waals surface area contributed by atoms with Gasteiger partial charge in [-0.05, 0) is 37.1 Å². The molecule has 1 amide bonds. The number of halogens is 3. The molecule has 0 saturated heterocycles. The van der Waals surface area contributed by atoms with Crippen molar-refractivity contribution in [1.29, 1.82) is 5.26 Å². The number of allylic oxidation sites excluding steroid dienone is 3. The van der Waals surface area contributed by atoms with Gasteiger partial charge in [0.1, 0.15) is 5.82 Å². The minimum Gasteiger partial charge on any atom is -0.384 e. The minimum absolute atomic E-state index is 0.0775. The number of carbonyl (C=O) groups is 2. The summed E-state index contributed by atoms with van der Waals surface area (Å²) in [6.07, 6.45) is 1.50. The number of amides is 1. The smallest absolute Gasteiger partial charge is 0.234 e. The maximum absolute atomic E-state index is 13.3. The summed E-state index contributed by atoms with van der Waals surface area (Å²) >= 11 is 21.6. The number of nitrogens with two attached hydrogens (primary N) is 1. The molecule has 198 valence electrons. The van der Waals surface area contributed by atoms with Crippen LogP contribution in [0.15, 0.2) is 69.5 Å². The first-order valence-electron chi connectivity index (χ1n) is 11.7. The van der Waals surface area contributed by atoms with Crippen molar-refractivity contribution in [2.45, 2.75) is 29.5 Å². The monoisotopic (exact) mass is 616 g/mol. The highest BCUT2D eigenvalue weighted by molar-refractivity contribution is 8.01. The number of anilines is 2. The number of carbonyl (C=O) groups excluding carboxylic acids is 2. The summed E-state index contributed by atoms with van der Waals surface area (Å²) in [6.45, 7) is 0. The minimum atomic E-state index is -0.787. The van der Waals surface area contributed by atoms with Crippen molar-refractivity contribution in [2.75, 3.05) is 16.0 Å². The number of Topliss-reactive ketones (excluding diaryl/α,β-unsaturated/α-hetero) is 1. The second-order valence-corrected chi connectivity index (χ2v) is 12.0. The second-order valence-electron chi connectivity index (χ2n) is 8.62. The molecule has 2 aromatic carbocycles. The summed E-state index contributed by atoms with van der Waals surface area (Å²) in [5.74, 6) is -0.926. The molecule has 0 saturated carbocycles. The number of hydrogen-bond donors (Lipinski definition) is 2. The number of nitrogens with zero attached hydrogens (tertiary/aromatic N) is 4. The van der Waals surface area contributed by atoms with Crippen molar-refractivity contribution in [3.63, 3.8) is 0 Å². The lowest BCUT2D eigenvalue weighted by Crippen LogP contribution is -2.38. The Morgan fingerprint density at radius 2 is 1.85 bits per heavy atom. The van der Waals surface area contributed by atoms with Gasteiger partial charge in [0, 0.05) is 33.3 Å².